The van der Waals surface area contributed by atoms with Crippen LogP contribution in [0.2, 0.25) is 0 Å². The van der Waals surface area contributed by atoms with Crippen molar-refractivity contribution in [1.29, 1.82) is 0 Å². The quantitative estimate of drug-likeness (QED) is 0.537. The van der Waals surface area contributed by atoms with E-state index in [-0.39, 0.29) is 5.34 Å². The van der Waals surface area contributed by atoms with Crippen molar-refractivity contribution < 1.29 is 0 Å². The van der Waals surface area contributed by atoms with Crippen LogP contribution >= 0.6 is 23.2 Å². The summed E-state index contributed by atoms with van der Waals surface area (Å²) in [7, 11) is 0. The number of halogens is 2. The number of para-hydroxylation sites is 2. The Bertz CT molecular complexity index is 590. The molecule has 0 saturated carbocycles. The maximum absolute atomic E-state index is 4.76. The first-order valence-electron chi connectivity index (χ1n) is 5.91. The molecule has 0 fully saturated rings. The van der Waals surface area contributed by atoms with Crippen LogP contribution in [0.5, 0.6) is 0 Å². The largest absolute Gasteiger partial charge is 0.341 e. The summed E-state index contributed by atoms with van der Waals surface area (Å²) >= 11 is 9.53. The van der Waals surface area contributed by atoms with Gasteiger partial charge in [-0.25, -0.2) is 0 Å². The number of rotatable bonds is 1. The van der Waals surface area contributed by atoms with Crippen LogP contribution in [0.3, 0.4) is 0 Å². The molecule has 0 aliphatic carbocycles. The highest BCUT2D eigenvalue weighted by atomic mass is 35.5. The van der Waals surface area contributed by atoms with E-state index >= 15 is 0 Å². The number of alkyl halides is 2. The zero-order valence-corrected chi connectivity index (χ0v) is 11.7. The summed E-state index contributed by atoms with van der Waals surface area (Å²) in [4.78, 5) is 0. The molecule has 3 heteroatoms. The van der Waals surface area contributed by atoms with Gasteiger partial charge in [-0.2, -0.15) is 0 Å². The van der Waals surface area contributed by atoms with Crippen LogP contribution in [0, 0.1) is 0 Å². The van der Waals surface area contributed by atoms with Gasteiger partial charge >= 0.3 is 0 Å². The SMILES string of the molecule is CCn1c2ccccc2c2ccccc21.ClCCl. The standard InChI is InChI=1S/C14H13N.CH2Cl2/c1-2-15-13-9-5-3-7-11(13)12-8-4-6-10-14(12)15;2-1-3/h3-10H,2H2,1H3;1H2. The van der Waals surface area contributed by atoms with E-state index in [2.05, 4.69) is 60.0 Å². The number of benzene rings is 2. The molecule has 3 aromatic rings. The molecule has 0 saturated heterocycles. The minimum Gasteiger partial charge on any atom is -0.341 e. The molecule has 94 valence electrons. The molecule has 3 rings (SSSR count). The first kappa shape index (κ1) is 13.3. The van der Waals surface area contributed by atoms with Crippen molar-refractivity contribution in [3.8, 4) is 0 Å². The third kappa shape index (κ3) is 2.33. The molecular formula is C15H15Cl2N. The average molecular weight is 280 g/mol. The molecule has 0 aliphatic heterocycles. The van der Waals surface area contributed by atoms with Crippen molar-refractivity contribution in [2.24, 2.45) is 0 Å². The highest BCUT2D eigenvalue weighted by Crippen LogP contribution is 2.28. The van der Waals surface area contributed by atoms with Crippen LogP contribution in [-0.2, 0) is 6.54 Å². The van der Waals surface area contributed by atoms with Gasteiger partial charge in [0.1, 0.15) is 0 Å². The summed E-state index contributed by atoms with van der Waals surface area (Å²) in [5, 5.41) is 2.91. The first-order valence-corrected chi connectivity index (χ1v) is 6.98. The van der Waals surface area contributed by atoms with Gasteiger partial charge < -0.3 is 4.57 Å². The van der Waals surface area contributed by atoms with Gasteiger partial charge in [0.15, 0.2) is 0 Å². The van der Waals surface area contributed by atoms with Gasteiger partial charge in [0.25, 0.3) is 0 Å². The highest BCUT2D eigenvalue weighted by molar-refractivity contribution is 6.40. The summed E-state index contributed by atoms with van der Waals surface area (Å²) in [6.45, 7) is 3.22. The lowest BCUT2D eigenvalue weighted by atomic mass is 10.2. The summed E-state index contributed by atoms with van der Waals surface area (Å²) in [5.74, 6) is 0. The Morgan fingerprint density at radius 3 is 1.61 bits per heavy atom. The van der Waals surface area contributed by atoms with Gasteiger partial charge in [-0.15, -0.1) is 23.2 Å². The second-order valence-corrected chi connectivity index (χ2v) is 4.69. The molecule has 0 atom stereocenters. The maximum atomic E-state index is 4.76. The van der Waals surface area contributed by atoms with E-state index in [0.29, 0.717) is 0 Å². The minimum absolute atomic E-state index is 0.194. The van der Waals surface area contributed by atoms with Crippen molar-refractivity contribution in [3.63, 3.8) is 0 Å². The van der Waals surface area contributed by atoms with Crippen LogP contribution in [0.1, 0.15) is 6.92 Å². The molecule has 0 spiro atoms. The Labute approximate surface area is 117 Å². The Morgan fingerprint density at radius 1 is 0.833 bits per heavy atom. The number of aromatic nitrogens is 1. The van der Waals surface area contributed by atoms with Crippen LogP contribution < -0.4 is 0 Å². The molecule has 0 aliphatic rings. The summed E-state index contributed by atoms with van der Waals surface area (Å²) in [5.41, 5.74) is 2.67. The number of fused-ring (bicyclic) bond motifs is 3. The van der Waals surface area contributed by atoms with E-state index in [0.717, 1.165) is 6.54 Å². The normalized spacial score (nSPS) is 10.4. The average Bonchev–Trinajstić information content (AvgIpc) is 2.73. The number of hydrogen-bond acceptors (Lipinski definition) is 0. The predicted molar refractivity (Wildman–Crippen MR) is 81.7 cm³/mol. The highest BCUT2D eigenvalue weighted by Gasteiger charge is 2.06. The van der Waals surface area contributed by atoms with E-state index < -0.39 is 0 Å². The maximum Gasteiger partial charge on any atom is 0.0967 e. The number of aryl methyl sites for hydroxylation is 1. The molecule has 0 unspecified atom stereocenters. The lowest BCUT2D eigenvalue weighted by molar-refractivity contribution is 0.827. The fraction of sp³-hybridized carbons (Fsp3) is 0.200. The molecule has 0 amide bonds. The first-order chi connectivity index (χ1) is 8.83. The minimum atomic E-state index is 0.194. The summed E-state index contributed by atoms with van der Waals surface area (Å²) in [6.07, 6.45) is 0. The van der Waals surface area contributed by atoms with Gasteiger partial charge in [-0.3, -0.25) is 0 Å². The van der Waals surface area contributed by atoms with Crippen LogP contribution in [0.4, 0.5) is 0 Å². The van der Waals surface area contributed by atoms with Crippen LogP contribution in [0.15, 0.2) is 48.5 Å². The Hall–Kier alpha value is -1.18. The Balaban J connectivity index is 0.000000367. The summed E-state index contributed by atoms with van der Waals surface area (Å²) in [6, 6.07) is 17.2. The van der Waals surface area contributed by atoms with Gasteiger partial charge in [-0.05, 0) is 19.1 Å². The molecule has 0 radical (unpaired) electrons. The van der Waals surface area contributed by atoms with Crippen molar-refractivity contribution in [2.45, 2.75) is 13.5 Å². The Kier molecular flexibility index (Phi) is 4.51. The van der Waals surface area contributed by atoms with Crippen LogP contribution in [0.25, 0.3) is 21.8 Å². The molecule has 1 aromatic heterocycles. The van der Waals surface area contributed by atoms with E-state index in [1.54, 1.807) is 0 Å². The molecule has 1 nitrogen and oxygen atoms in total. The van der Waals surface area contributed by atoms with E-state index in [1.165, 1.54) is 21.8 Å². The molecular weight excluding hydrogens is 265 g/mol. The van der Waals surface area contributed by atoms with Gasteiger partial charge in [-0.1, -0.05) is 36.4 Å². The Morgan fingerprint density at radius 2 is 1.22 bits per heavy atom. The van der Waals surface area contributed by atoms with E-state index in [1.807, 2.05) is 0 Å². The molecule has 1 heterocycles. The molecule has 0 N–H and O–H groups in total. The molecule has 0 bridgehead atoms. The topological polar surface area (TPSA) is 4.93 Å². The number of hydrogen-bond donors (Lipinski definition) is 0. The van der Waals surface area contributed by atoms with Crippen molar-refractivity contribution in [2.75, 3.05) is 5.34 Å². The smallest absolute Gasteiger partial charge is 0.0967 e. The monoisotopic (exact) mass is 279 g/mol. The lowest BCUT2D eigenvalue weighted by Gasteiger charge is -2.01. The molecule has 18 heavy (non-hydrogen) atoms. The lowest BCUT2D eigenvalue weighted by Crippen LogP contribution is -1.91. The molecule has 2 aromatic carbocycles. The van der Waals surface area contributed by atoms with E-state index in [9.17, 15) is 0 Å². The van der Waals surface area contributed by atoms with Crippen molar-refractivity contribution in [3.05, 3.63) is 48.5 Å². The van der Waals surface area contributed by atoms with Gasteiger partial charge in [0, 0.05) is 28.4 Å². The third-order valence-corrected chi connectivity index (χ3v) is 3.00. The van der Waals surface area contributed by atoms with Gasteiger partial charge in [0.2, 0.25) is 0 Å². The zero-order chi connectivity index (χ0) is 13.0. The van der Waals surface area contributed by atoms with Crippen molar-refractivity contribution >= 4 is 45.0 Å². The fourth-order valence-electron chi connectivity index (χ4n) is 2.34. The summed E-state index contributed by atoms with van der Waals surface area (Å²) < 4.78 is 2.37. The fourth-order valence-corrected chi connectivity index (χ4v) is 2.34. The van der Waals surface area contributed by atoms with Crippen molar-refractivity contribution in [1.82, 2.24) is 4.57 Å². The second kappa shape index (κ2) is 6.12. The number of nitrogens with zero attached hydrogens (tertiary/aromatic N) is 1. The van der Waals surface area contributed by atoms with Gasteiger partial charge in [0.05, 0.1) is 5.34 Å². The van der Waals surface area contributed by atoms with Crippen LogP contribution in [-0.4, -0.2) is 9.91 Å². The predicted octanol–water partition coefficient (Wildman–Crippen LogP) is 5.24. The van der Waals surface area contributed by atoms with E-state index in [4.69, 9.17) is 23.2 Å². The third-order valence-electron chi connectivity index (χ3n) is 3.00. The second-order valence-electron chi connectivity index (χ2n) is 3.88. The zero-order valence-electron chi connectivity index (χ0n) is 10.2.